The summed E-state index contributed by atoms with van der Waals surface area (Å²) in [6, 6.07) is 23.5. The first-order valence-corrected chi connectivity index (χ1v) is 10.0. The highest BCUT2D eigenvalue weighted by atomic mass is 79.9. The molecule has 0 fully saturated rings. The predicted octanol–water partition coefficient (Wildman–Crippen LogP) is 6.00. The van der Waals surface area contributed by atoms with Crippen LogP contribution in [0.25, 0.3) is 0 Å². The molecular formula is C23H23BrO2. The van der Waals surface area contributed by atoms with E-state index in [0.29, 0.717) is 0 Å². The Morgan fingerprint density at radius 2 is 1.04 bits per heavy atom. The van der Waals surface area contributed by atoms with Gasteiger partial charge in [-0.05, 0) is 65.8 Å². The number of phenolic OH excluding ortho intramolecular Hbond substituents is 2. The maximum atomic E-state index is 9.62. The van der Waals surface area contributed by atoms with Crippen LogP contribution in [0, 0.1) is 0 Å². The van der Waals surface area contributed by atoms with Crippen LogP contribution < -0.4 is 0 Å². The smallest absolute Gasteiger partial charge is 0.115 e. The zero-order chi connectivity index (χ0) is 18.4. The number of hydrogen-bond acceptors (Lipinski definition) is 2. The van der Waals surface area contributed by atoms with Crippen LogP contribution in [0.4, 0.5) is 0 Å². The summed E-state index contributed by atoms with van der Waals surface area (Å²) in [4.78, 5) is 0. The number of benzene rings is 3. The van der Waals surface area contributed by atoms with Crippen molar-refractivity contribution in [2.45, 2.75) is 25.2 Å². The van der Waals surface area contributed by atoms with Gasteiger partial charge in [0.25, 0.3) is 0 Å². The molecule has 3 aromatic rings. The summed E-state index contributed by atoms with van der Waals surface area (Å²) in [5.74, 6) is 0.591. The Balaban J connectivity index is 1.92. The molecular weight excluding hydrogens is 388 g/mol. The standard InChI is InChI=1S/C23H23BrO2/c24-16-2-1-3-17-4-6-18(7-5-17)23(19-8-12-21(25)13-9-19)20-10-14-22(26)15-11-20/h4-15,23,25-26H,1-3,16H2. The van der Waals surface area contributed by atoms with E-state index in [-0.39, 0.29) is 17.4 Å². The lowest BCUT2D eigenvalue weighted by Crippen LogP contribution is -2.03. The largest absolute Gasteiger partial charge is 0.508 e. The highest BCUT2D eigenvalue weighted by Crippen LogP contribution is 2.33. The normalized spacial score (nSPS) is 11.0. The number of aromatic hydroxyl groups is 2. The molecule has 26 heavy (non-hydrogen) atoms. The van der Waals surface area contributed by atoms with Gasteiger partial charge in [0.15, 0.2) is 0 Å². The molecule has 0 bridgehead atoms. The maximum absolute atomic E-state index is 9.62. The van der Waals surface area contributed by atoms with Gasteiger partial charge in [-0.25, -0.2) is 0 Å². The van der Waals surface area contributed by atoms with Crippen molar-refractivity contribution in [3.05, 3.63) is 95.1 Å². The molecule has 3 heteroatoms. The molecule has 0 radical (unpaired) electrons. The molecule has 0 aromatic heterocycles. The number of aryl methyl sites for hydroxylation is 1. The predicted molar refractivity (Wildman–Crippen MR) is 110 cm³/mol. The zero-order valence-electron chi connectivity index (χ0n) is 14.6. The fourth-order valence-electron chi connectivity index (χ4n) is 3.21. The van der Waals surface area contributed by atoms with Crippen molar-refractivity contribution in [2.75, 3.05) is 5.33 Å². The Kier molecular flexibility index (Phi) is 6.35. The maximum Gasteiger partial charge on any atom is 0.115 e. The average Bonchev–Trinajstić information content (AvgIpc) is 2.66. The third-order valence-corrected chi connectivity index (χ3v) is 5.18. The van der Waals surface area contributed by atoms with E-state index in [9.17, 15) is 10.2 Å². The van der Waals surface area contributed by atoms with E-state index in [0.717, 1.165) is 22.9 Å². The van der Waals surface area contributed by atoms with Gasteiger partial charge in [0.2, 0.25) is 0 Å². The van der Waals surface area contributed by atoms with Crippen LogP contribution >= 0.6 is 15.9 Å². The number of alkyl halides is 1. The summed E-state index contributed by atoms with van der Waals surface area (Å²) in [5, 5.41) is 20.3. The lowest BCUT2D eigenvalue weighted by atomic mass is 9.84. The number of rotatable bonds is 7. The van der Waals surface area contributed by atoms with Gasteiger partial charge >= 0.3 is 0 Å². The van der Waals surface area contributed by atoms with E-state index < -0.39 is 0 Å². The second-order valence-corrected chi connectivity index (χ2v) is 7.30. The Morgan fingerprint density at radius 1 is 0.615 bits per heavy atom. The summed E-state index contributed by atoms with van der Waals surface area (Å²) in [6.45, 7) is 0. The molecule has 134 valence electrons. The molecule has 3 aromatic carbocycles. The van der Waals surface area contributed by atoms with Crippen molar-refractivity contribution in [3.8, 4) is 11.5 Å². The molecule has 0 aliphatic rings. The Bertz CT molecular complexity index is 763. The summed E-state index contributed by atoms with van der Waals surface area (Å²) >= 11 is 3.48. The lowest BCUT2D eigenvalue weighted by Gasteiger charge is -2.19. The minimum atomic E-state index is 0.0628. The van der Waals surface area contributed by atoms with E-state index in [2.05, 4.69) is 40.2 Å². The molecule has 2 nitrogen and oxygen atoms in total. The molecule has 0 heterocycles. The Labute approximate surface area is 163 Å². The van der Waals surface area contributed by atoms with Crippen molar-refractivity contribution in [2.24, 2.45) is 0 Å². The van der Waals surface area contributed by atoms with E-state index in [4.69, 9.17) is 0 Å². The third kappa shape index (κ3) is 4.67. The topological polar surface area (TPSA) is 40.5 Å². The summed E-state index contributed by atoms with van der Waals surface area (Å²) < 4.78 is 0. The Morgan fingerprint density at radius 3 is 1.46 bits per heavy atom. The van der Waals surface area contributed by atoms with Gasteiger partial charge in [-0.3, -0.25) is 0 Å². The van der Waals surface area contributed by atoms with Crippen molar-refractivity contribution >= 4 is 15.9 Å². The second kappa shape index (κ2) is 8.91. The summed E-state index contributed by atoms with van der Waals surface area (Å²) in [7, 11) is 0. The van der Waals surface area contributed by atoms with Crippen LogP contribution in [0.2, 0.25) is 0 Å². The Hall–Kier alpha value is -2.26. The molecule has 0 aliphatic carbocycles. The number of phenols is 2. The highest BCUT2D eigenvalue weighted by molar-refractivity contribution is 9.09. The molecule has 0 saturated heterocycles. The van der Waals surface area contributed by atoms with Crippen molar-refractivity contribution in [1.29, 1.82) is 0 Å². The van der Waals surface area contributed by atoms with Crippen molar-refractivity contribution in [1.82, 2.24) is 0 Å². The fraction of sp³-hybridized carbons (Fsp3) is 0.217. The van der Waals surface area contributed by atoms with Crippen LogP contribution in [0.5, 0.6) is 11.5 Å². The second-order valence-electron chi connectivity index (χ2n) is 6.50. The minimum Gasteiger partial charge on any atom is -0.508 e. The minimum absolute atomic E-state index is 0.0628. The molecule has 3 rings (SSSR count). The molecule has 0 unspecified atom stereocenters. The molecule has 0 saturated carbocycles. The van der Waals surface area contributed by atoms with Gasteiger partial charge in [0, 0.05) is 11.2 Å². The van der Waals surface area contributed by atoms with Gasteiger partial charge in [-0.2, -0.15) is 0 Å². The van der Waals surface area contributed by atoms with Gasteiger partial charge in [0.1, 0.15) is 11.5 Å². The lowest BCUT2D eigenvalue weighted by molar-refractivity contribution is 0.475. The third-order valence-electron chi connectivity index (χ3n) is 4.61. The summed E-state index contributed by atoms with van der Waals surface area (Å²) in [5.41, 5.74) is 4.77. The molecule has 0 amide bonds. The first kappa shape index (κ1) is 18.5. The zero-order valence-corrected chi connectivity index (χ0v) is 16.2. The van der Waals surface area contributed by atoms with Gasteiger partial charge in [0.05, 0.1) is 0 Å². The van der Waals surface area contributed by atoms with E-state index in [1.807, 2.05) is 24.3 Å². The monoisotopic (exact) mass is 410 g/mol. The quantitative estimate of drug-likeness (QED) is 0.285. The van der Waals surface area contributed by atoms with Crippen LogP contribution in [-0.2, 0) is 6.42 Å². The van der Waals surface area contributed by atoms with Crippen LogP contribution in [0.3, 0.4) is 0 Å². The first-order chi connectivity index (χ1) is 12.7. The fourth-order valence-corrected chi connectivity index (χ4v) is 3.61. The van der Waals surface area contributed by atoms with Crippen LogP contribution in [0.15, 0.2) is 72.8 Å². The van der Waals surface area contributed by atoms with Crippen molar-refractivity contribution in [3.63, 3.8) is 0 Å². The van der Waals surface area contributed by atoms with E-state index in [1.165, 1.54) is 24.0 Å². The van der Waals surface area contributed by atoms with Crippen molar-refractivity contribution < 1.29 is 10.2 Å². The highest BCUT2D eigenvalue weighted by Gasteiger charge is 2.17. The summed E-state index contributed by atoms with van der Waals surface area (Å²) in [6.07, 6.45) is 3.46. The number of hydrogen-bond donors (Lipinski definition) is 2. The number of halogens is 1. The van der Waals surface area contributed by atoms with E-state index >= 15 is 0 Å². The van der Waals surface area contributed by atoms with E-state index in [1.54, 1.807) is 24.3 Å². The molecule has 0 spiro atoms. The van der Waals surface area contributed by atoms with Gasteiger partial charge < -0.3 is 10.2 Å². The van der Waals surface area contributed by atoms with Crippen LogP contribution in [-0.4, -0.2) is 15.5 Å². The van der Waals surface area contributed by atoms with Gasteiger partial charge in [-0.15, -0.1) is 0 Å². The average molecular weight is 411 g/mol. The first-order valence-electron chi connectivity index (χ1n) is 8.90. The van der Waals surface area contributed by atoms with Gasteiger partial charge in [-0.1, -0.05) is 64.5 Å². The molecule has 0 atom stereocenters. The van der Waals surface area contributed by atoms with Crippen LogP contribution in [0.1, 0.15) is 41.0 Å². The number of unbranched alkanes of at least 4 members (excludes halogenated alkanes) is 1. The molecule has 2 N–H and O–H groups in total. The molecule has 0 aliphatic heterocycles. The SMILES string of the molecule is Oc1ccc(C(c2ccc(O)cc2)c2ccc(CCCCBr)cc2)cc1.